The average Bonchev–Trinajstić information content (AvgIpc) is 3.41. The highest BCUT2D eigenvalue weighted by Gasteiger charge is 2.71. The number of anilines is 2. The molecule has 1 saturated heterocycles. The molecule has 0 saturated carbocycles. The third-order valence-corrected chi connectivity index (χ3v) is 6.40. The molecule has 1 fully saturated rings. The summed E-state index contributed by atoms with van der Waals surface area (Å²) in [6, 6.07) is 7.45. The molecule has 4 rings (SSSR count). The number of aliphatic hydroxyl groups is 1. The fourth-order valence-electron chi connectivity index (χ4n) is 4.19. The van der Waals surface area contributed by atoms with Crippen molar-refractivity contribution in [1.82, 2.24) is 15.0 Å². The number of carbonyl (C=O) groups excluding carboxylic acids is 2. The van der Waals surface area contributed by atoms with Crippen LogP contribution >= 0.6 is 0 Å². The number of rotatable bonds is 6. The van der Waals surface area contributed by atoms with E-state index in [1.54, 1.807) is 0 Å². The van der Waals surface area contributed by atoms with Crippen molar-refractivity contribution in [2.45, 2.75) is 24.5 Å². The van der Waals surface area contributed by atoms with Gasteiger partial charge in [0.1, 0.15) is 12.1 Å². The summed E-state index contributed by atoms with van der Waals surface area (Å²) in [5.74, 6) is -1.21. The molecule has 0 radical (unpaired) electrons. The van der Waals surface area contributed by atoms with Crippen LogP contribution in [0.1, 0.15) is 21.5 Å². The van der Waals surface area contributed by atoms with E-state index in [9.17, 15) is 45.4 Å². The molecule has 41 heavy (non-hydrogen) atoms. The molecule has 1 aromatic heterocycles. The van der Waals surface area contributed by atoms with E-state index in [1.165, 1.54) is 29.4 Å². The first-order chi connectivity index (χ1) is 19.2. The van der Waals surface area contributed by atoms with Crippen LogP contribution in [0.5, 0.6) is 0 Å². The topological polar surface area (TPSA) is 111 Å². The van der Waals surface area contributed by atoms with Gasteiger partial charge in [-0.15, -0.1) is 0 Å². The number of hydrogen-bond donors (Lipinski definition) is 3. The number of alkyl halides is 6. The molecule has 0 atom stereocenters. The third kappa shape index (κ3) is 6.43. The van der Waals surface area contributed by atoms with Crippen molar-refractivity contribution in [3.8, 4) is 0 Å². The first-order valence-electron chi connectivity index (χ1n) is 11.9. The molecule has 3 amide bonds. The Kier molecular flexibility index (Phi) is 8.26. The molecule has 16 heteroatoms. The van der Waals surface area contributed by atoms with Gasteiger partial charge in [0.2, 0.25) is 0 Å². The summed E-state index contributed by atoms with van der Waals surface area (Å²) in [5, 5.41) is 17.6. The highest BCUT2D eigenvalue weighted by Crippen LogP contribution is 2.50. The van der Waals surface area contributed by atoms with Gasteiger partial charge in [0, 0.05) is 49.9 Å². The molecule has 3 N–H and O–H groups in total. The van der Waals surface area contributed by atoms with E-state index in [2.05, 4.69) is 20.3 Å². The van der Waals surface area contributed by atoms with Crippen LogP contribution in [0.3, 0.4) is 0 Å². The Morgan fingerprint density at radius 3 is 2.07 bits per heavy atom. The Morgan fingerprint density at radius 1 is 0.902 bits per heavy atom. The molecule has 0 spiro atoms. The lowest BCUT2D eigenvalue weighted by Crippen LogP contribution is -2.53. The molecular formula is C25H22F7N5O4. The van der Waals surface area contributed by atoms with Gasteiger partial charge in [-0.2, -0.15) is 26.3 Å². The lowest BCUT2D eigenvalue weighted by molar-refractivity contribution is -0.376. The zero-order valence-electron chi connectivity index (χ0n) is 20.9. The molecule has 2 heterocycles. The summed E-state index contributed by atoms with van der Waals surface area (Å²) in [6.45, 7) is 1.27. The maximum Gasteiger partial charge on any atom is 0.430 e. The summed E-state index contributed by atoms with van der Waals surface area (Å²) in [7, 11) is 0. The maximum absolute atomic E-state index is 14.6. The second-order valence-electron chi connectivity index (χ2n) is 9.13. The SMILES string of the molecule is O=C(Nc1ccon1)Nc1ccc(C(=O)N2CCN(Cc3ccc(C(O)(C(F)(F)F)C(F)(F)F)cc3)CC2)cc1F. The molecule has 0 aliphatic carbocycles. The average molecular weight is 589 g/mol. The highest BCUT2D eigenvalue weighted by molar-refractivity contribution is 6.00. The van der Waals surface area contributed by atoms with Crippen LogP contribution < -0.4 is 10.6 Å². The van der Waals surface area contributed by atoms with Crippen LogP contribution in [-0.2, 0) is 12.1 Å². The predicted molar refractivity (Wildman–Crippen MR) is 129 cm³/mol. The van der Waals surface area contributed by atoms with Gasteiger partial charge in [-0.25, -0.2) is 9.18 Å². The van der Waals surface area contributed by atoms with Crippen LogP contribution in [-0.4, -0.2) is 70.5 Å². The van der Waals surface area contributed by atoms with Gasteiger partial charge in [-0.05, 0) is 23.8 Å². The van der Waals surface area contributed by atoms with Gasteiger partial charge < -0.3 is 19.8 Å². The standard InChI is InChI=1S/C25H22F7N5O4/c26-18-13-16(3-6-19(18)33-22(39)34-20-7-12-41-35-20)21(38)37-10-8-36(9-11-37)14-15-1-4-17(5-2-15)23(40,24(27,28)29)25(30,31)32/h1-7,12-13,40H,8-11,14H2,(H2,33,34,35,39). The molecular weight excluding hydrogens is 567 g/mol. The number of benzene rings is 2. The van der Waals surface area contributed by atoms with Gasteiger partial charge in [0.15, 0.2) is 5.82 Å². The zero-order valence-corrected chi connectivity index (χ0v) is 20.9. The Labute approximate surface area is 227 Å². The van der Waals surface area contributed by atoms with Crippen molar-refractivity contribution in [3.63, 3.8) is 0 Å². The van der Waals surface area contributed by atoms with E-state index < -0.39 is 41.3 Å². The second-order valence-corrected chi connectivity index (χ2v) is 9.13. The molecule has 3 aromatic rings. The number of hydrogen-bond acceptors (Lipinski definition) is 6. The van der Waals surface area contributed by atoms with E-state index in [1.807, 2.05) is 4.90 Å². The van der Waals surface area contributed by atoms with Crippen molar-refractivity contribution in [1.29, 1.82) is 0 Å². The molecule has 9 nitrogen and oxygen atoms in total. The number of piperazine rings is 1. The molecule has 1 aliphatic heterocycles. The lowest BCUT2D eigenvalue weighted by Gasteiger charge is -2.35. The van der Waals surface area contributed by atoms with E-state index in [0.717, 1.165) is 18.2 Å². The smallest absolute Gasteiger partial charge is 0.369 e. The number of carbonyl (C=O) groups is 2. The van der Waals surface area contributed by atoms with Crippen molar-refractivity contribution in [2.24, 2.45) is 0 Å². The van der Waals surface area contributed by atoms with Gasteiger partial charge in [-0.3, -0.25) is 15.0 Å². The van der Waals surface area contributed by atoms with E-state index in [-0.39, 0.29) is 36.7 Å². The fraction of sp³-hybridized carbons (Fsp3) is 0.320. The van der Waals surface area contributed by atoms with Crippen molar-refractivity contribution >= 4 is 23.4 Å². The van der Waals surface area contributed by atoms with Gasteiger partial charge in [0.05, 0.1) is 5.69 Å². The van der Waals surface area contributed by atoms with E-state index >= 15 is 0 Å². The van der Waals surface area contributed by atoms with Gasteiger partial charge >= 0.3 is 18.4 Å². The fourth-order valence-corrected chi connectivity index (χ4v) is 4.19. The Bertz CT molecular complexity index is 1360. The number of nitrogens with one attached hydrogen (secondary N) is 2. The van der Waals surface area contributed by atoms with Crippen LogP contribution in [0.15, 0.2) is 59.3 Å². The first kappa shape index (κ1) is 29.8. The Balaban J connectivity index is 1.32. The van der Waals surface area contributed by atoms with Gasteiger partial charge in [-0.1, -0.05) is 29.4 Å². The number of halogens is 7. The quantitative estimate of drug-likeness (QED) is 0.359. The lowest BCUT2D eigenvalue weighted by atomic mass is 9.91. The molecule has 0 unspecified atom stereocenters. The number of aromatic nitrogens is 1. The van der Waals surface area contributed by atoms with Crippen molar-refractivity contribution in [2.75, 3.05) is 36.8 Å². The number of nitrogens with zero attached hydrogens (tertiary/aromatic N) is 3. The minimum atomic E-state index is -5.97. The normalized spacial score (nSPS) is 15.1. The van der Waals surface area contributed by atoms with Crippen molar-refractivity contribution in [3.05, 3.63) is 77.3 Å². The van der Waals surface area contributed by atoms with E-state index in [0.29, 0.717) is 30.8 Å². The summed E-state index contributed by atoms with van der Waals surface area (Å²) in [6.07, 6.45) is -10.7. The maximum atomic E-state index is 14.6. The molecule has 220 valence electrons. The molecule has 2 aromatic carbocycles. The van der Waals surface area contributed by atoms with Crippen molar-refractivity contribution < 1.29 is 50.0 Å². The minimum absolute atomic E-state index is 0.0378. The second kappa shape index (κ2) is 11.4. The first-order valence-corrected chi connectivity index (χ1v) is 11.9. The van der Waals surface area contributed by atoms with E-state index in [4.69, 9.17) is 0 Å². The van der Waals surface area contributed by atoms with Gasteiger partial charge in [0.25, 0.3) is 11.5 Å². The monoisotopic (exact) mass is 589 g/mol. The summed E-state index contributed by atoms with van der Waals surface area (Å²) in [5.41, 5.74) is -6.08. The van der Waals surface area contributed by atoms with Crippen LogP contribution in [0.2, 0.25) is 0 Å². The highest BCUT2D eigenvalue weighted by atomic mass is 19.4. The number of amides is 3. The minimum Gasteiger partial charge on any atom is -0.369 e. The summed E-state index contributed by atoms with van der Waals surface area (Å²) in [4.78, 5) is 28.1. The summed E-state index contributed by atoms with van der Waals surface area (Å²) < 4.78 is 97.6. The molecule has 0 bridgehead atoms. The third-order valence-electron chi connectivity index (χ3n) is 6.40. The van der Waals surface area contributed by atoms with Crippen LogP contribution in [0.25, 0.3) is 0 Å². The largest absolute Gasteiger partial charge is 0.430 e. The predicted octanol–water partition coefficient (Wildman–Crippen LogP) is 4.73. The Hall–Kier alpha value is -4.18. The molecule has 1 aliphatic rings. The number of urea groups is 1. The van der Waals surface area contributed by atoms with Crippen LogP contribution in [0, 0.1) is 5.82 Å². The zero-order chi connectivity index (χ0) is 30.0. The van der Waals surface area contributed by atoms with Crippen LogP contribution in [0.4, 0.5) is 47.0 Å². The Morgan fingerprint density at radius 2 is 1.54 bits per heavy atom. The summed E-state index contributed by atoms with van der Waals surface area (Å²) >= 11 is 0.